The molecule has 8 heteroatoms. The fourth-order valence-corrected chi connectivity index (χ4v) is 4.86. The number of anilines is 1. The van der Waals surface area contributed by atoms with Crippen molar-refractivity contribution in [3.8, 4) is 16.9 Å². The van der Waals surface area contributed by atoms with Crippen molar-refractivity contribution in [2.45, 2.75) is 6.42 Å². The van der Waals surface area contributed by atoms with E-state index in [0.29, 0.717) is 16.5 Å². The molecule has 0 radical (unpaired) electrons. The number of benzene rings is 3. The summed E-state index contributed by atoms with van der Waals surface area (Å²) >= 11 is 17.6. The van der Waals surface area contributed by atoms with Crippen molar-refractivity contribution >= 4 is 57.0 Å². The van der Waals surface area contributed by atoms with Crippen LogP contribution in [0.3, 0.4) is 0 Å². The number of nitrogens with one attached hydrogen (secondary N) is 1. The van der Waals surface area contributed by atoms with Crippen LogP contribution in [-0.4, -0.2) is 9.55 Å². The Bertz CT molecular complexity index is 1300. The van der Waals surface area contributed by atoms with Gasteiger partial charge in [0.1, 0.15) is 5.82 Å². The van der Waals surface area contributed by atoms with Crippen LogP contribution in [0.15, 0.2) is 89.8 Å². The molecule has 0 bridgehead atoms. The van der Waals surface area contributed by atoms with Gasteiger partial charge in [-0.3, -0.25) is 4.31 Å². The molecule has 0 aliphatic carbocycles. The number of imidazole rings is 1. The highest BCUT2D eigenvalue weighted by Gasteiger charge is 2.16. The van der Waals surface area contributed by atoms with Gasteiger partial charge < -0.3 is 9.29 Å². The van der Waals surface area contributed by atoms with Crippen molar-refractivity contribution in [2.24, 2.45) is 0 Å². The Balaban J connectivity index is 1.59. The molecule has 0 spiro atoms. The molecule has 0 fully saturated rings. The van der Waals surface area contributed by atoms with Crippen LogP contribution in [0.1, 0.15) is 11.4 Å². The topological polar surface area (TPSA) is 33.1 Å². The number of hydrogen-bond acceptors (Lipinski definition) is 4. The molecule has 0 unspecified atom stereocenters. The van der Waals surface area contributed by atoms with Crippen molar-refractivity contribution < 1.29 is 0 Å². The lowest BCUT2D eigenvalue weighted by Crippen LogP contribution is -2.06. The first-order valence-corrected chi connectivity index (χ1v) is 12.2. The molecule has 0 amide bonds. The van der Waals surface area contributed by atoms with Gasteiger partial charge in [0.15, 0.2) is 0 Å². The van der Waals surface area contributed by atoms with E-state index in [0.717, 1.165) is 32.9 Å². The Labute approximate surface area is 209 Å². The molecule has 3 aromatic carbocycles. The van der Waals surface area contributed by atoms with Crippen LogP contribution >= 0.6 is 51.3 Å². The van der Waals surface area contributed by atoms with Crippen molar-refractivity contribution in [2.75, 3.05) is 4.31 Å². The van der Waals surface area contributed by atoms with Crippen molar-refractivity contribution in [3.63, 3.8) is 0 Å². The van der Waals surface area contributed by atoms with Gasteiger partial charge in [0.2, 0.25) is 0 Å². The lowest BCUT2D eigenvalue weighted by Gasteiger charge is -2.15. The van der Waals surface area contributed by atoms with Gasteiger partial charge in [0.25, 0.3) is 0 Å². The summed E-state index contributed by atoms with van der Waals surface area (Å²) in [6.07, 6.45) is 6.63. The Morgan fingerprint density at radius 2 is 1.78 bits per heavy atom. The van der Waals surface area contributed by atoms with Gasteiger partial charge in [-0.1, -0.05) is 57.3 Å². The van der Waals surface area contributed by atoms with Crippen LogP contribution in [0.2, 0.25) is 10.0 Å². The maximum atomic E-state index is 6.50. The Morgan fingerprint density at radius 3 is 2.53 bits per heavy atom. The fourth-order valence-electron chi connectivity index (χ4n) is 3.51. The summed E-state index contributed by atoms with van der Waals surface area (Å²) in [5.74, 6) is 0.924. The van der Waals surface area contributed by atoms with Gasteiger partial charge in [-0.05, 0) is 54.1 Å². The molecule has 2 heterocycles. The molecule has 4 nitrogen and oxygen atoms in total. The van der Waals surface area contributed by atoms with E-state index in [-0.39, 0.29) is 0 Å². The average molecular weight is 544 g/mol. The first-order valence-electron chi connectivity index (χ1n) is 9.84. The molecule has 0 saturated carbocycles. The largest absolute Gasteiger partial charge is 0.317 e. The predicted molar refractivity (Wildman–Crippen MR) is 138 cm³/mol. The Hall–Kier alpha value is -2.38. The zero-order valence-corrected chi connectivity index (χ0v) is 20.6. The molecule has 1 aliphatic heterocycles. The van der Waals surface area contributed by atoms with Crippen molar-refractivity contribution in [3.05, 3.63) is 111 Å². The maximum absolute atomic E-state index is 6.50. The van der Waals surface area contributed by atoms with E-state index in [1.165, 1.54) is 17.7 Å². The molecule has 1 aliphatic rings. The lowest BCUT2D eigenvalue weighted by molar-refractivity contribution is 0.914. The second-order valence-corrected chi connectivity index (χ2v) is 9.78. The summed E-state index contributed by atoms with van der Waals surface area (Å²) in [4.78, 5) is 4.97. The first-order chi connectivity index (χ1) is 15.6. The van der Waals surface area contributed by atoms with Crippen LogP contribution in [0.25, 0.3) is 16.9 Å². The molecule has 1 N–H and O–H groups in total. The number of rotatable bonds is 5. The molecular weight excluding hydrogens is 527 g/mol. The Morgan fingerprint density at radius 1 is 0.969 bits per heavy atom. The van der Waals surface area contributed by atoms with Gasteiger partial charge in [-0.2, -0.15) is 0 Å². The molecule has 5 rings (SSSR count). The van der Waals surface area contributed by atoms with Crippen LogP contribution in [-0.2, 0) is 6.42 Å². The van der Waals surface area contributed by atoms with Gasteiger partial charge >= 0.3 is 0 Å². The third-order valence-corrected chi connectivity index (χ3v) is 6.90. The third kappa shape index (κ3) is 4.55. The van der Waals surface area contributed by atoms with Gasteiger partial charge in [-0.15, -0.1) is 0 Å². The fraction of sp³-hybridized carbons (Fsp3) is 0.0417. The summed E-state index contributed by atoms with van der Waals surface area (Å²) in [6.45, 7) is 0. The molecule has 0 atom stereocenters. The molecule has 0 saturated heterocycles. The summed E-state index contributed by atoms with van der Waals surface area (Å²) in [7, 11) is 0. The third-order valence-electron chi connectivity index (χ3n) is 5.05. The highest BCUT2D eigenvalue weighted by atomic mass is 79.9. The highest BCUT2D eigenvalue weighted by Crippen LogP contribution is 2.32. The SMILES string of the molecule is Clc1ccc(-c2cn(-c3cccc(N4C=CNS4)c3)c(Cc3ccc(Br)cc3)n2)c(Cl)c1. The first kappa shape index (κ1) is 21.5. The van der Waals surface area contributed by atoms with E-state index in [9.17, 15) is 0 Å². The average Bonchev–Trinajstić information content (AvgIpc) is 3.46. The second kappa shape index (κ2) is 9.24. The van der Waals surface area contributed by atoms with E-state index < -0.39 is 0 Å². The zero-order chi connectivity index (χ0) is 22.1. The van der Waals surface area contributed by atoms with E-state index >= 15 is 0 Å². The maximum Gasteiger partial charge on any atom is 0.118 e. The number of aromatic nitrogens is 2. The Kier molecular flexibility index (Phi) is 6.20. The minimum Gasteiger partial charge on any atom is -0.317 e. The zero-order valence-electron chi connectivity index (χ0n) is 16.7. The normalized spacial score (nSPS) is 12.9. The van der Waals surface area contributed by atoms with E-state index in [2.05, 4.69) is 65.9 Å². The minimum atomic E-state index is 0.579. The summed E-state index contributed by atoms with van der Waals surface area (Å²) in [6, 6.07) is 22.1. The van der Waals surface area contributed by atoms with Crippen LogP contribution < -0.4 is 9.03 Å². The number of halogens is 3. The number of nitrogens with zero attached hydrogens (tertiary/aromatic N) is 3. The highest BCUT2D eigenvalue weighted by molar-refractivity contribution is 9.10. The van der Waals surface area contributed by atoms with Crippen molar-refractivity contribution in [1.29, 1.82) is 0 Å². The van der Waals surface area contributed by atoms with Gasteiger partial charge in [-0.25, -0.2) is 4.98 Å². The predicted octanol–water partition coefficient (Wildman–Crippen LogP) is 7.64. The standard InChI is InChI=1S/C24H17BrCl2N4S/c25-17-6-4-16(5-7-17)12-24-29-23(21-9-8-18(26)13-22(21)27)15-30(24)19-2-1-3-20(14-19)31-11-10-28-32-31/h1-11,13-15,28H,12H2. The summed E-state index contributed by atoms with van der Waals surface area (Å²) < 4.78 is 8.38. The smallest absolute Gasteiger partial charge is 0.118 e. The van der Waals surface area contributed by atoms with Crippen LogP contribution in [0.4, 0.5) is 5.69 Å². The van der Waals surface area contributed by atoms with E-state index in [1.54, 1.807) is 6.07 Å². The lowest BCUT2D eigenvalue weighted by atomic mass is 10.1. The number of hydrogen-bond donors (Lipinski definition) is 1. The minimum absolute atomic E-state index is 0.579. The van der Waals surface area contributed by atoms with E-state index in [1.807, 2.05) is 42.9 Å². The van der Waals surface area contributed by atoms with Crippen LogP contribution in [0, 0.1) is 0 Å². The van der Waals surface area contributed by atoms with E-state index in [4.69, 9.17) is 28.2 Å². The quantitative estimate of drug-likeness (QED) is 0.262. The summed E-state index contributed by atoms with van der Waals surface area (Å²) in [5, 5.41) is 1.18. The van der Waals surface area contributed by atoms with Crippen molar-refractivity contribution in [1.82, 2.24) is 14.3 Å². The monoisotopic (exact) mass is 542 g/mol. The second-order valence-electron chi connectivity index (χ2n) is 7.21. The molecular formula is C24H17BrCl2N4S. The molecule has 32 heavy (non-hydrogen) atoms. The molecule has 160 valence electrons. The molecule has 4 aromatic rings. The van der Waals surface area contributed by atoms with Gasteiger partial charge in [0.05, 0.1) is 28.5 Å². The van der Waals surface area contributed by atoms with Crippen LogP contribution in [0.5, 0.6) is 0 Å². The summed E-state index contributed by atoms with van der Waals surface area (Å²) in [5.41, 5.74) is 4.93. The molecule has 1 aromatic heterocycles. The van der Waals surface area contributed by atoms with Gasteiger partial charge in [0, 0.05) is 45.8 Å².